The van der Waals surface area contributed by atoms with E-state index >= 15 is 0 Å². The van der Waals surface area contributed by atoms with Crippen molar-refractivity contribution in [2.75, 3.05) is 26.2 Å². The Labute approximate surface area is 74.6 Å². The smallest absolute Gasteiger partial charge is 0.0558 e. The summed E-state index contributed by atoms with van der Waals surface area (Å²) >= 11 is 0. The summed E-state index contributed by atoms with van der Waals surface area (Å²) in [5.74, 6) is 2.11. The average Bonchev–Trinajstić information content (AvgIpc) is 2.89. The van der Waals surface area contributed by atoms with Gasteiger partial charge in [-0.15, -0.1) is 0 Å². The highest BCUT2D eigenvalue weighted by Crippen LogP contribution is 2.41. The predicted molar refractivity (Wildman–Crippen MR) is 49.0 cm³/mol. The van der Waals surface area contributed by atoms with Crippen LogP contribution in [-0.4, -0.2) is 36.2 Å². The van der Waals surface area contributed by atoms with Crippen LogP contribution in [-0.2, 0) is 0 Å². The molecule has 1 saturated heterocycles. The zero-order chi connectivity index (χ0) is 8.39. The van der Waals surface area contributed by atoms with Crippen molar-refractivity contribution >= 4 is 0 Å². The summed E-state index contributed by atoms with van der Waals surface area (Å²) in [6.45, 7) is 3.66. The van der Waals surface area contributed by atoms with E-state index in [4.69, 9.17) is 5.11 Å². The maximum Gasteiger partial charge on any atom is 0.0558 e. The van der Waals surface area contributed by atoms with Crippen LogP contribution in [0.1, 0.15) is 25.7 Å². The third kappa shape index (κ3) is 1.99. The standard InChI is InChI=1S/C10H19NO/c12-8-7-11-5-3-10(4-6-11)9-1-2-9/h9-10,12H,1-8H2. The van der Waals surface area contributed by atoms with E-state index in [1.165, 1.54) is 38.8 Å². The highest BCUT2D eigenvalue weighted by Gasteiger charge is 2.32. The molecule has 0 unspecified atom stereocenters. The molecule has 1 heterocycles. The zero-order valence-corrected chi connectivity index (χ0v) is 7.71. The lowest BCUT2D eigenvalue weighted by Crippen LogP contribution is -2.36. The van der Waals surface area contributed by atoms with Crippen molar-refractivity contribution in [1.29, 1.82) is 0 Å². The summed E-state index contributed by atoms with van der Waals surface area (Å²) in [6.07, 6.45) is 5.74. The van der Waals surface area contributed by atoms with Gasteiger partial charge >= 0.3 is 0 Å². The lowest BCUT2D eigenvalue weighted by molar-refractivity contribution is 0.140. The van der Waals surface area contributed by atoms with Gasteiger partial charge in [0.15, 0.2) is 0 Å². The number of aliphatic hydroxyl groups is 1. The highest BCUT2D eigenvalue weighted by molar-refractivity contribution is 4.85. The van der Waals surface area contributed by atoms with Gasteiger partial charge in [0.05, 0.1) is 6.61 Å². The Bertz CT molecular complexity index is 137. The van der Waals surface area contributed by atoms with Crippen molar-refractivity contribution in [3.05, 3.63) is 0 Å². The summed E-state index contributed by atoms with van der Waals surface area (Å²) in [5, 5.41) is 8.76. The van der Waals surface area contributed by atoms with Crippen LogP contribution in [0.15, 0.2) is 0 Å². The van der Waals surface area contributed by atoms with Crippen LogP contribution in [0.4, 0.5) is 0 Å². The molecular weight excluding hydrogens is 150 g/mol. The summed E-state index contributed by atoms with van der Waals surface area (Å²) in [5.41, 5.74) is 0. The minimum Gasteiger partial charge on any atom is -0.395 e. The van der Waals surface area contributed by atoms with E-state index in [1.54, 1.807) is 0 Å². The molecule has 70 valence electrons. The number of piperidine rings is 1. The fourth-order valence-corrected chi connectivity index (χ4v) is 2.36. The van der Waals surface area contributed by atoms with Gasteiger partial charge in [-0.05, 0) is 50.6 Å². The van der Waals surface area contributed by atoms with E-state index in [0.717, 1.165) is 18.4 Å². The maximum atomic E-state index is 8.76. The third-order valence-corrected chi connectivity index (χ3v) is 3.34. The number of likely N-dealkylation sites (tertiary alicyclic amines) is 1. The molecule has 1 aliphatic heterocycles. The lowest BCUT2D eigenvalue weighted by Gasteiger charge is -2.31. The van der Waals surface area contributed by atoms with Gasteiger partial charge in [0.1, 0.15) is 0 Å². The van der Waals surface area contributed by atoms with Crippen LogP contribution in [0.5, 0.6) is 0 Å². The molecular formula is C10H19NO. The van der Waals surface area contributed by atoms with E-state index in [-0.39, 0.29) is 0 Å². The summed E-state index contributed by atoms with van der Waals surface area (Å²) in [7, 11) is 0. The van der Waals surface area contributed by atoms with Gasteiger partial charge in [0, 0.05) is 6.54 Å². The van der Waals surface area contributed by atoms with Crippen molar-refractivity contribution in [2.24, 2.45) is 11.8 Å². The molecule has 2 fully saturated rings. The number of rotatable bonds is 3. The predicted octanol–water partition coefficient (Wildman–Crippen LogP) is 1.10. The summed E-state index contributed by atoms with van der Waals surface area (Å²) in [6, 6.07) is 0. The molecule has 0 amide bonds. The number of hydrogen-bond donors (Lipinski definition) is 1. The van der Waals surface area contributed by atoms with Crippen LogP contribution in [0, 0.1) is 11.8 Å². The molecule has 0 aromatic heterocycles. The topological polar surface area (TPSA) is 23.5 Å². The second-order valence-electron chi connectivity index (χ2n) is 4.24. The van der Waals surface area contributed by atoms with E-state index in [2.05, 4.69) is 4.90 Å². The van der Waals surface area contributed by atoms with E-state index in [0.29, 0.717) is 6.61 Å². The van der Waals surface area contributed by atoms with E-state index in [9.17, 15) is 0 Å². The quantitative estimate of drug-likeness (QED) is 0.684. The third-order valence-electron chi connectivity index (χ3n) is 3.34. The first-order chi connectivity index (χ1) is 5.90. The Morgan fingerprint density at radius 2 is 1.58 bits per heavy atom. The van der Waals surface area contributed by atoms with Crippen LogP contribution in [0.2, 0.25) is 0 Å². The van der Waals surface area contributed by atoms with Gasteiger partial charge in [0.2, 0.25) is 0 Å². The Hall–Kier alpha value is -0.0800. The molecule has 0 spiro atoms. The van der Waals surface area contributed by atoms with Gasteiger partial charge in [-0.25, -0.2) is 0 Å². The molecule has 2 nitrogen and oxygen atoms in total. The van der Waals surface area contributed by atoms with Crippen LogP contribution < -0.4 is 0 Å². The number of nitrogens with zero attached hydrogens (tertiary/aromatic N) is 1. The maximum absolute atomic E-state index is 8.76. The van der Waals surface area contributed by atoms with E-state index < -0.39 is 0 Å². The molecule has 2 rings (SSSR count). The van der Waals surface area contributed by atoms with Crippen molar-refractivity contribution in [3.8, 4) is 0 Å². The first-order valence-corrected chi connectivity index (χ1v) is 5.23. The molecule has 0 aromatic carbocycles. The second-order valence-corrected chi connectivity index (χ2v) is 4.24. The van der Waals surface area contributed by atoms with Crippen LogP contribution in [0.25, 0.3) is 0 Å². The molecule has 0 radical (unpaired) electrons. The minimum absolute atomic E-state index is 0.327. The van der Waals surface area contributed by atoms with Gasteiger partial charge in [0.25, 0.3) is 0 Å². The van der Waals surface area contributed by atoms with Crippen LogP contribution >= 0.6 is 0 Å². The first-order valence-electron chi connectivity index (χ1n) is 5.23. The monoisotopic (exact) mass is 169 g/mol. The molecule has 1 N–H and O–H groups in total. The Morgan fingerprint density at radius 1 is 1.00 bits per heavy atom. The normalized spacial score (nSPS) is 27.8. The van der Waals surface area contributed by atoms with Gasteiger partial charge in [-0.2, -0.15) is 0 Å². The molecule has 1 saturated carbocycles. The minimum atomic E-state index is 0.327. The largest absolute Gasteiger partial charge is 0.395 e. The van der Waals surface area contributed by atoms with Crippen LogP contribution in [0.3, 0.4) is 0 Å². The zero-order valence-electron chi connectivity index (χ0n) is 7.71. The molecule has 0 atom stereocenters. The van der Waals surface area contributed by atoms with Crippen molar-refractivity contribution < 1.29 is 5.11 Å². The molecule has 0 aromatic rings. The SMILES string of the molecule is OCCN1CCC(C2CC2)CC1. The van der Waals surface area contributed by atoms with Crippen molar-refractivity contribution in [3.63, 3.8) is 0 Å². The van der Waals surface area contributed by atoms with Gasteiger partial charge in [-0.1, -0.05) is 0 Å². The first kappa shape index (κ1) is 8.52. The Kier molecular flexibility index (Phi) is 2.66. The second kappa shape index (κ2) is 3.75. The fourth-order valence-electron chi connectivity index (χ4n) is 2.36. The number of hydrogen-bond acceptors (Lipinski definition) is 2. The molecule has 1 aliphatic carbocycles. The van der Waals surface area contributed by atoms with Gasteiger partial charge in [-0.3, -0.25) is 0 Å². The number of aliphatic hydroxyl groups excluding tert-OH is 1. The van der Waals surface area contributed by atoms with Gasteiger partial charge < -0.3 is 10.0 Å². The van der Waals surface area contributed by atoms with Crippen molar-refractivity contribution in [1.82, 2.24) is 4.90 Å². The Balaban J connectivity index is 1.69. The molecule has 2 aliphatic rings. The molecule has 12 heavy (non-hydrogen) atoms. The molecule has 2 heteroatoms. The molecule has 0 bridgehead atoms. The lowest BCUT2D eigenvalue weighted by atomic mass is 9.92. The highest BCUT2D eigenvalue weighted by atomic mass is 16.3. The average molecular weight is 169 g/mol. The fraction of sp³-hybridized carbons (Fsp3) is 1.00. The van der Waals surface area contributed by atoms with Crippen molar-refractivity contribution in [2.45, 2.75) is 25.7 Å². The summed E-state index contributed by atoms with van der Waals surface area (Å²) in [4.78, 5) is 2.39. The summed E-state index contributed by atoms with van der Waals surface area (Å²) < 4.78 is 0. The number of β-amino-alcohol motifs (C(OH)–C–C–N with tert-alkyl or cyclic N) is 1. The van der Waals surface area contributed by atoms with E-state index in [1.807, 2.05) is 0 Å². The Morgan fingerprint density at radius 3 is 2.08 bits per heavy atom.